The number of nitrogens with zero attached hydrogens (tertiary/aromatic N) is 4. The highest BCUT2D eigenvalue weighted by molar-refractivity contribution is 6.61. The van der Waals surface area contributed by atoms with E-state index in [2.05, 4.69) is 10.2 Å². The Morgan fingerprint density at radius 3 is 2.26 bits per heavy atom. The Bertz CT molecular complexity index is 674. The molecule has 9 heteroatoms. The topological polar surface area (TPSA) is 78.7 Å². The summed E-state index contributed by atoms with van der Waals surface area (Å²) in [5.74, 6) is 0. The van der Waals surface area contributed by atoms with Crippen LogP contribution in [0.2, 0.25) is 0 Å². The normalized spacial score (nSPS) is 22.9. The lowest BCUT2D eigenvalue weighted by Gasteiger charge is -2.33. The van der Waals surface area contributed by atoms with Crippen LogP contribution >= 0.6 is 0 Å². The van der Waals surface area contributed by atoms with Gasteiger partial charge in [-0.1, -0.05) is 0 Å². The summed E-state index contributed by atoms with van der Waals surface area (Å²) in [6.45, 7) is 15.0. The second kappa shape index (κ2) is 6.77. The predicted molar refractivity (Wildman–Crippen MR) is 102 cm³/mol. The lowest BCUT2D eigenvalue weighted by molar-refractivity contribution is 0.00578. The van der Waals surface area contributed by atoms with Gasteiger partial charge in [0, 0.05) is 13.1 Å². The van der Waals surface area contributed by atoms with E-state index < -0.39 is 23.9 Å². The first-order chi connectivity index (χ1) is 12.4. The molecule has 150 valence electrons. The van der Waals surface area contributed by atoms with E-state index in [-0.39, 0.29) is 12.1 Å². The van der Waals surface area contributed by atoms with Crippen molar-refractivity contribution in [1.82, 2.24) is 19.9 Å². The first-order valence-corrected chi connectivity index (χ1v) is 9.63. The molecular weight excluding hydrogens is 347 g/mol. The van der Waals surface area contributed by atoms with Gasteiger partial charge in [-0.05, 0) is 61.3 Å². The summed E-state index contributed by atoms with van der Waals surface area (Å²) in [5, 5.41) is 9.02. The molecule has 0 aromatic carbocycles. The summed E-state index contributed by atoms with van der Waals surface area (Å²) in [4.78, 5) is 15.7. The number of aromatic nitrogens is 3. The number of likely N-dealkylation sites (tertiary alicyclic amines) is 1. The Morgan fingerprint density at radius 1 is 1.19 bits per heavy atom. The van der Waals surface area contributed by atoms with Crippen LogP contribution in [0.5, 0.6) is 0 Å². The highest BCUT2D eigenvalue weighted by atomic mass is 16.7. The van der Waals surface area contributed by atoms with Gasteiger partial charge in [-0.15, -0.1) is 0 Å². The molecule has 2 aliphatic rings. The smallest absolute Gasteiger partial charge is 0.444 e. The van der Waals surface area contributed by atoms with E-state index in [9.17, 15) is 4.79 Å². The molecule has 0 saturated carbocycles. The molecule has 1 aromatic heterocycles. The summed E-state index contributed by atoms with van der Waals surface area (Å²) < 4.78 is 17.5. The zero-order valence-electron chi connectivity index (χ0n) is 17.5. The van der Waals surface area contributed by atoms with Crippen LogP contribution in [0.4, 0.5) is 4.79 Å². The van der Waals surface area contributed by atoms with Gasteiger partial charge in [0.1, 0.15) is 11.2 Å². The predicted octanol–water partition coefficient (Wildman–Crippen LogP) is 2.15. The Labute approximate surface area is 161 Å². The SMILES string of the molecule is CC(C)(C)OC(=O)N1CCC(n2ncc(B3OC(C)(C)C(C)(C)O3)n2)CC1. The molecule has 1 aromatic rings. The fourth-order valence-corrected chi connectivity index (χ4v) is 3.14. The molecule has 2 aliphatic heterocycles. The van der Waals surface area contributed by atoms with Crippen molar-refractivity contribution in [2.75, 3.05) is 13.1 Å². The molecule has 0 aliphatic carbocycles. The Kier molecular flexibility index (Phi) is 5.05. The largest absolute Gasteiger partial charge is 0.518 e. The second-order valence-corrected chi connectivity index (χ2v) is 9.38. The fourth-order valence-electron chi connectivity index (χ4n) is 3.14. The van der Waals surface area contributed by atoms with E-state index >= 15 is 0 Å². The number of carbonyl (C=O) groups is 1. The molecule has 2 saturated heterocycles. The molecule has 1 amide bonds. The third-order valence-corrected chi connectivity index (χ3v) is 5.46. The summed E-state index contributed by atoms with van der Waals surface area (Å²) in [7, 11) is -0.509. The van der Waals surface area contributed by atoms with E-state index in [1.807, 2.05) is 48.5 Å². The minimum absolute atomic E-state index is 0.153. The van der Waals surface area contributed by atoms with Crippen molar-refractivity contribution >= 4 is 18.8 Å². The standard InChI is InChI=1S/C18H31BN4O4/c1-16(2,3)25-15(24)22-10-8-13(9-11-22)23-20-12-14(21-23)19-26-17(4,5)18(6,7)27-19/h12-13H,8-11H2,1-7H3. The molecule has 0 atom stereocenters. The van der Waals surface area contributed by atoms with Gasteiger partial charge in [0.05, 0.1) is 23.4 Å². The average molecular weight is 378 g/mol. The number of hydrogen-bond acceptors (Lipinski definition) is 6. The molecule has 0 bridgehead atoms. The van der Waals surface area contributed by atoms with Gasteiger partial charge < -0.3 is 18.9 Å². The van der Waals surface area contributed by atoms with Crippen molar-refractivity contribution < 1.29 is 18.8 Å². The Balaban J connectivity index is 1.58. The van der Waals surface area contributed by atoms with Gasteiger partial charge in [0.15, 0.2) is 0 Å². The molecule has 0 radical (unpaired) electrons. The quantitative estimate of drug-likeness (QED) is 0.734. The van der Waals surface area contributed by atoms with Crippen molar-refractivity contribution in [2.24, 2.45) is 0 Å². The maximum absolute atomic E-state index is 12.2. The third kappa shape index (κ3) is 4.29. The summed E-state index contributed by atoms with van der Waals surface area (Å²) in [6, 6.07) is 0.153. The Hall–Kier alpha value is -1.61. The van der Waals surface area contributed by atoms with Gasteiger partial charge in [-0.2, -0.15) is 15.0 Å². The molecule has 0 spiro atoms. The van der Waals surface area contributed by atoms with Crippen molar-refractivity contribution in [2.45, 2.75) is 84.2 Å². The molecule has 8 nitrogen and oxygen atoms in total. The third-order valence-electron chi connectivity index (χ3n) is 5.46. The van der Waals surface area contributed by atoms with Crippen molar-refractivity contribution in [3.05, 3.63) is 6.20 Å². The Morgan fingerprint density at radius 2 is 1.74 bits per heavy atom. The average Bonchev–Trinajstić information content (AvgIpc) is 3.09. The first-order valence-electron chi connectivity index (χ1n) is 9.63. The number of hydrogen-bond donors (Lipinski definition) is 0. The molecular formula is C18H31BN4O4. The number of carbonyl (C=O) groups excluding carboxylic acids is 1. The number of ether oxygens (including phenoxy) is 1. The molecule has 3 rings (SSSR count). The van der Waals surface area contributed by atoms with E-state index in [0.717, 1.165) is 12.8 Å². The summed E-state index contributed by atoms with van der Waals surface area (Å²) in [6.07, 6.45) is 3.03. The van der Waals surface area contributed by atoms with Crippen molar-refractivity contribution in [1.29, 1.82) is 0 Å². The van der Waals surface area contributed by atoms with Crippen LogP contribution in [0.15, 0.2) is 6.20 Å². The number of piperidine rings is 1. The van der Waals surface area contributed by atoms with Crippen LogP contribution in [-0.4, -0.2) is 63.0 Å². The van der Waals surface area contributed by atoms with Crippen LogP contribution in [0.3, 0.4) is 0 Å². The second-order valence-electron chi connectivity index (χ2n) is 9.38. The van der Waals surface area contributed by atoms with E-state index in [1.54, 1.807) is 15.9 Å². The maximum Gasteiger partial charge on any atom is 0.518 e. The zero-order valence-corrected chi connectivity index (χ0v) is 17.5. The van der Waals surface area contributed by atoms with Gasteiger partial charge in [-0.3, -0.25) is 0 Å². The van der Waals surface area contributed by atoms with Crippen LogP contribution < -0.4 is 5.59 Å². The minimum atomic E-state index is -0.509. The molecule has 3 heterocycles. The molecule has 0 unspecified atom stereocenters. The zero-order chi connectivity index (χ0) is 20.0. The summed E-state index contributed by atoms with van der Waals surface area (Å²) >= 11 is 0. The van der Waals surface area contributed by atoms with Gasteiger partial charge in [-0.25, -0.2) is 4.79 Å². The van der Waals surface area contributed by atoms with Crippen LogP contribution in [-0.2, 0) is 14.0 Å². The lowest BCUT2D eigenvalue weighted by atomic mass is 9.86. The highest BCUT2D eigenvalue weighted by Crippen LogP contribution is 2.36. The monoisotopic (exact) mass is 378 g/mol. The minimum Gasteiger partial charge on any atom is -0.444 e. The fraction of sp³-hybridized carbons (Fsp3) is 0.833. The first kappa shape index (κ1) is 20.1. The molecule has 27 heavy (non-hydrogen) atoms. The van der Waals surface area contributed by atoms with Crippen molar-refractivity contribution in [3.8, 4) is 0 Å². The van der Waals surface area contributed by atoms with Crippen LogP contribution in [0.25, 0.3) is 0 Å². The van der Waals surface area contributed by atoms with Crippen LogP contribution in [0, 0.1) is 0 Å². The number of rotatable bonds is 2. The molecule has 2 fully saturated rings. The van der Waals surface area contributed by atoms with E-state index in [1.165, 1.54) is 0 Å². The van der Waals surface area contributed by atoms with E-state index in [0.29, 0.717) is 18.7 Å². The highest BCUT2D eigenvalue weighted by Gasteiger charge is 2.53. The van der Waals surface area contributed by atoms with E-state index in [4.69, 9.17) is 14.0 Å². The lowest BCUT2D eigenvalue weighted by Crippen LogP contribution is -2.42. The number of amides is 1. The van der Waals surface area contributed by atoms with Gasteiger partial charge >= 0.3 is 13.2 Å². The maximum atomic E-state index is 12.2. The van der Waals surface area contributed by atoms with Gasteiger partial charge in [0.25, 0.3) is 0 Å². The summed E-state index contributed by atoms with van der Waals surface area (Å²) in [5.41, 5.74) is -0.599. The molecule has 0 N–H and O–H groups in total. The van der Waals surface area contributed by atoms with Gasteiger partial charge in [0.2, 0.25) is 0 Å². The van der Waals surface area contributed by atoms with Crippen LogP contribution in [0.1, 0.15) is 67.3 Å². The van der Waals surface area contributed by atoms with Crippen molar-refractivity contribution in [3.63, 3.8) is 0 Å².